The molecule has 11 heteroatoms. The summed E-state index contributed by atoms with van der Waals surface area (Å²) >= 11 is -1.83. The maximum absolute atomic E-state index is 12.6. The van der Waals surface area contributed by atoms with Crippen molar-refractivity contribution in [3.05, 3.63) is 58.7 Å². The van der Waals surface area contributed by atoms with Crippen molar-refractivity contribution in [1.29, 1.82) is 0 Å². The van der Waals surface area contributed by atoms with Crippen molar-refractivity contribution in [1.82, 2.24) is 8.78 Å². The highest BCUT2D eigenvalue weighted by molar-refractivity contribution is 14.1. The molecule has 150 valence electrons. The summed E-state index contributed by atoms with van der Waals surface area (Å²) in [6, 6.07) is 9.56. The third-order valence-electron chi connectivity index (χ3n) is 4.92. The number of carbonyl (C=O) groups excluding carboxylic acids is 4. The Morgan fingerprint density at radius 1 is 0.733 bits per heavy atom. The van der Waals surface area contributed by atoms with Crippen molar-refractivity contribution >= 4 is 69.8 Å². The second-order valence-electron chi connectivity index (χ2n) is 7.17. The lowest BCUT2D eigenvalue weighted by Gasteiger charge is -2.15. The molecule has 2 heterocycles. The molecule has 0 radical (unpaired) electrons. The van der Waals surface area contributed by atoms with E-state index in [0.717, 1.165) is 4.90 Å². The number of nitrogens with zero attached hydrogens (tertiary/aromatic N) is 2. The lowest BCUT2D eigenvalue weighted by atomic mass is 10.1. The van der Waals surface area contributed by atoms with Crippen molar-refractivity contribution in [2.45, 2.75) is 11.6 Å². The molecule has 4 rings (SSSR count). The van der Waals surface area contributed by atoms with E-state index in [9.17, 15) is 19.2 Å². The van der Waals surface area contributed by atoms with Crippen LogP contribution < -0.4 is 7.58 Å². The molecule has 0 saturated carbocycles. The SMILES string of the molecule is CN1C(=O)c2ccc([O][Al]([I])[O]c3ccc4c(c3)C(=O)[N]([Al]([CH3])[CH3])C4=O)cc2C1=O. The zero-order valence-electron chi connectivity index (χ0n) is 16.3. The topological polar surface area (TPSA) is 93.2 Å². The highest BCUT2D eigenvalue weighted by atomic mass is 127. The van der Waals surface area contributed by atoms with Crippen LogP contribution >= 0.6 is 20.3 Å². The van der Waals surface area contributed by atoms with Crippen molar-refractivity contribution < 1.29 is 26.8 Å². The largest absolute Gasteiger partial charge is 0.948 e. The normalized spacial score (nSPS) is 14.8. The van der Waals surface area contributed by atoms with E-state index in [1.165, 1.54) is 17.0 Å². The Morgan fingerprint density at radius 3 is 1.70 bits per heavy atom. The van der Waals surface area contributed by atoms with Crippen LogP contribution in [0.5, 0.6) is 11.5 Å². The molecule has 0 aliphatic carbocycles. The van der Waals surface area contributed by atoms with Gasteiger partial charge in [-0.15, -0.1) is 0 Å². The van der Waals surface area contributed by atoms with Crippen molar-refractivity contribution in [2.24, 2.45) is 0 Å². The van der Waals surface area contributed by atoms with Gasteiger partial charge in [-0.2, -0.15) is 0 Å². The Bertz CT molecular complexity index is 1120. The molecular weight excluding hydrogens is 533 g/mol. The molecule has 0 bridgehead atoms. The summed E-state index contributed by atoms with van der Waals surface area (Å²) in [6.07, 6.45) is 0. The summed E-state index contributed by atoms with van der Waals surface area (Å²) in [5.74, 6) is 3.50. The van der Waals surface area contributed by atoms with Gasteiger partial charge in [-0.25, -0.2) is 0 Å². The lowest BCUT2D eigenvalue weighted by Crippen LogP contribution is -2.39. The van der Waals surface area contributed by atoms with Crippen molar-refractivity contribution in [2.75, 3.05) is 7.05 Å². The van der Waals surface area contributed by atoms with Crippen LogP contribution in [-0.2, 0) is 0 Å². The van der Waals surface area contributed by atoms with Crippen LogP contribution in [0.3, 0.4) is 0 Å². The van der Waals surface area contributed by atoms with Crippen LogP contribution in [0.1, 0.15) is 41.4 Å². The van der Waals surface area contributed by atoms with E-state index in [2.05, 4.69) is 20.3 Å². The molecular formula is C19H15Al2IN2O6. The molecule has 8 nitrogen and oxygen atoms in total. The molecule has 2 aliphatic rings. The minimum absolute atomic E-state index is 0.245. The highest BCUT2D eigenvalue weighted by Gasteiger charge is 2.39. The zero-order chi connectivity index (χ0) is 21.7. The summed E-state index contributed by atoms with van der Waals surface area (Å²) in [6.45, 7) is 0. The Morgan fingerprint density at radius 2 is 1.17 bits per heavy atom. The number of rotatable bonds is 5. The summed E-state index contributed by atoms with van der Waals surface area (Å²) in [5.41, 5.74) is 1.40. The number of carbonyl (C=O) groups is 4. The van der Waals surface area contributed by atoms with Gasteiger partial charge in [-0.3, -0.25) is 24.1 Å². The van der Waals surface area contributed by atoms with E-state index >= 15 is 0 Å². The molecule has 0 unspecified atom stereocenters. The third-order valence-corrected chi connectivity index (χ3v) is 8.87. The van der Waals surface area contributed by atoms with Gasteiger partial charge in [-0.05, 0) is 36.4 Å². The maximum Gasteiger partial charge on any atom is 0.948 e. The van der Waals surface area contributed by atoms with E-state index in [1.54, 1.807) is 30.3 Å². The Kier molecular flexibility index (Phi) is 5.68. The molecule has 0 N–H and O–H groups in total. The van der Waals surface area contributed by atoms with E-state index in [-0.39, 0.29) is 23.6 Å². The van der Waals surface area contributed by atoms with Gasteiger partial charge in [0, 0.05) is 7.05 Å². The number of imide groups is 2. The smallest absolute Gasteiger partial charge is 0.604 e. The van der Waals surface area contributed by atoms with Gasteiger partial charge in [0.25, 0.3) is 11.8 Å². The number of amides is 4. The maximum atomic E-state index is 12.6. The van der Waals surface area contributed by atoms with Gasteiger partial charge in [0.1, 0.15) is 0 Å². The number of benzene rings is 2. The van der Waals surface area contributed by atoms with Crippen LogP contribution in [0, 0.1) is 0 Å². The molecule has 0 spiro atoms. The monoisotopic (exact) mass is 548 g/mol. The van der Waals surface area contributed by atoms with E-state index in [1.807, 2.05) is 11.6 Å². The molecule has 30 heavy (non-hydrogen) atoms. The first-order chi connectivity index (χ1) is 14.2. The van der Waals surface area contributed by atoms with Crippen molar-refractivity contribution in [3.8, 4) is 11.5 Å². The van der Waals surface area contributed by atoms with Gasteiger partial charge in [0.2, 0.25) is 11.8 Å². The average Bonchev–Trinajstić information content (AvgIpc) is 3.07. The van der Waals surface area contributed by atoms with Crippen LogP contribution in [0.15, 0.2) is 36.4 Å². The number of hydrogen-bond donors (Lipinski definition) is 0. The molecule has 0 aromatic heterocycles. The molecule has 0 saturated heterocycles. The first-order valence-corrected chi connectivity index (χ1v) is 17.1. The van der Waals surface area contributed by atoms with Gasteiger partial charge >= 0.3 is 25.9 Å². The molecule has 0 fully saturated rings. The second-order valence-corrected chi connectivity index (χ2v) is 13.9. The van der Waals surface area contributed by atoms with E-state index in [4.69, 9.17) is 7.58 Å². The summed E-state index contributed by atoms with van der Waals surface area (Å²) in [4.78, 5) is 50.2. The Labute approximate surface area is 193 Å². The van der Waals surface area contributed by atoms with Gasteiger partial charge < -0.3 is 11.5 Å². The highest BCUT2D eigenvalue weighted by Crippen LogP contribution is 2.30. The van der Waals surface area contributed by atoms with Gasteiger partial charge in [0.15, 0.2) is 0 Å². The zero-order valence-corrected chi connectivity index (χ0v) is 20.8. The van der Waals surface area contributed by atoms with E-state index < -0.39 is 25.9 Å². The summed E-state index contributed by atoms with van der Waals surface area (Å²) < 4.78 is 13.1. The molecule has 2 aromatic carbocycles. The van der Waals surface area contributed by atoms with Gasteiger partial charge in [-0.1, -0.05) is 31.8 Å². The third kappa shape index (κ3) is 3.55. The molecule has 2 aliphatic heterocycles. The number of hydrogen-bond acceptors (Lipinski definition) is 6. The predicted octanol–water partition coefficient (Wildman–Crippen LogP) is 2.64. The minimum atomic E-state index is -2.27. The predicted molar refractivity (Wildman–Crippen MR) is 118 cm³/mol. The van der Waals surface area contributed by atoms with E-state index in [0.29, 0.717) is 33.8 Å². The van der Waals surface area contributed by atoms with Gasteiger partial charge in [0.05, 0.1) is 33.8 Å². The molecule has 2 aromatic rings. The number of halogens is 1. The standard InChI is InChI=1S/C9H7NO3.C8H5NO3.2CH3.2Al.HI/c1-10-8(12)6-3-2-5(11)4-7(6)9(10)13;10-4-1-2-5-6(3-4)8(12)9-7(5)11;;;;;/h2-4,11H,1H3;1-3H,(H2,9,10,11,12);2*1H3;;;1H/q;;;;+1;+3;/p-4. The minimum Gasteiger partial charge on any atom is -0.604 e. The fraction of sp³-hybridized carbons (Fsp3) is 0.158. The fourth-order valence-electron chi connectivity index (χ4n) is 3.43. The molecule has 4 amide bonds. The second kappa shape index (κ2) is 7.99. The lowest BCUT2D eigenvalue weighted by molar-refractivity contribution is 0.0689. The van der Waals surface area contributed by atoms with Crippen LogP contribution in [0.25, 0.3) is 0 Å². The van der Waals surface area contributed by atoms with Crippen LogP contribution in [0.4, 0.5) is 0 Å². The summed E-state index contributed by atoms with van der Waals surface area (Å²) in [7, 11) is 1.44. The quantitative estimate of drug-likeness (QED) is 0.324. The first-order valence-electron chi connectivity index (χ1n) is 9.14. The average molecular weight is 548 g/mol. The Balaban J connectivity index is 1.50. The van der Waals surface area contributed by atoms with Crippen molar-refractivity contribution in [3.63, 3.8) is 0 Å². The fourth-order valence-corrected chi connectivity index (χ4v) is 7.18. The number of fused-ring (bicyclic) bond motifs is 2. The first kappa shape index (κ1) is 21.4. The van der Waals surface area contributed by atoms with Crippen LogP contribution in [0.2, 0.25) is 11.6 Å². The Hall–Kier alpha value is -1.89. The summed E-state index contributed by atoms with van der Waals surface area (Å²) in [5, 5.41) is 0. The van der Waals surface area contributed by atoms with Crippen LogP contribution in [-0.4, -0.2) is 65.4 Å². The molecule has 0 atom stereocenters.